The molecule has 1 aromatic heterocycles. The summed E-state index contributed by atoms with van der Waals surface area (Å²) in [5.74, 6) is -1.44. The maximum absolute atomic E-state index is 13.0. The van der Waals surface area contributed by atoms with E-state index >= 15 is 0 Å². The largest absolute Gasteiger partial charge is 0.468 e. The second kappa shape index (κ2) is 12.1. The van der Waals surface area contributed by atoms with Crippen molar-refractivity contribution >= 4 is 36.2 Å². The van der Waals surface area contributed by atoms with Gasteiger partial charge < -0.3 is 14.8 Å². The Labute approximate surface area is 192 Å². The van der Waals surface area contributed by atoms with Crippen LogP contribution in [-0.4, -0.2) is 37.2 Å². The van der Waals surface area contributed by atoms with Gasteiger partial charge >= 0.3 is 11.9 Å². The van der Waals surface area contributed by atoms with Crippen molar-refractivity contribution in [2.45, 2.75) is 26.4 Å². The molecule has 0 aliphatic carbocycles. The second-order valence-corrected chi connectivity index (χ2v) is 6.63. The minimum atomic E-state index is -0.527. The fourth-order valence-corrected chi connectivity index (χ4v) is 3.12. The molecule has 1 aliphatic rings. The van der Waals surface area contributed by atoms with Gasteiger partial charge in [0.25, 0.3) is 0 Å². The first-order valence-electron chi connectivity index (χ1n) is 9.13. The van der Waals surface area contributed by atoms with Crippen molar-refractivity contribution in [1.82, 2.24) is 10.3 Å². The Bertz CT molecular complexity index is 1090. The molecule has 6 nitrogen and oxygen atoms in total. The molecule has 9 heteroatoms. The number of esters is 2. The van der Waals surface area contributed by atoms with E-state index in [1.807, 2.05) is 0 Å². The number of aromatic nitrogens is 1. The summed E-state index contributed by atoms with van der Waals surface area (Å²) in [6.45, 7) is 0.579. The van der Waals surface area contributed by atoms with Gasteiger partial charge in [0.2, 0.25) is 0 Å². The van der Waals surface area contributed by atoms with E-state index in [4.69, 9.17) is 0 Å². The zero-order valence-electron chi connectivity index (χ0n) is 16.9. The van der Waals surface area contributed by atoms with E-state index in [-0.39, 0.29) is 50.3 Å². The number of nitrogens with zero attached hydrogens (tertiary/aromatic N) is 1. The first-order chi connectivity index (χ1) is 14.4. The molecule has 1 aliphatic heterocycles. The predicted molar refractivity (Wildman–Crippen MR) is 123 cm³/mol. The van der Waals surface area contributed by atoms with Gasteiger partial charge in [-0.15, -0.1) is 0 Å². The van der Waals surface area contributed by atoms with Gasteiger partial charge in [0.1, 0.15) is 23.4 Å². The number of fused-ring (bicyclic) bond motifs is 2. The van der Waals surface area contributed by atoms with Gasteiger partial charge in [-0.2, -0.15) is 13.5 Å². The number of ether oxygens (including phenoxy) is 2. The van der Waals surface area contributed by atoms with Crippen LogP contribution in [-0.2, 0) is 27.2 Å². The van der Waals surface area contributed by atoms with Gasteiger partial charge in [-0.05, 0) is 59.3 Å². The molecular formula is C23H26F2N2O4S. The fraction of sp³-hybridized carbons (Fsp3) is 0.261. The quantitative estimate of drug-likeness (QED) is 0.580. The minimum Gasteiger partial charge on any atom is -0.468 e. The van der Waals surface area contributed by atoms with E-state index in [1.54, 1.807) is 12.1 Å². The van der Waals surface area contributed by atoms with E-state index in [0.717, 1.165) is 16.5 Å². The highest BCUT2D eigenvalue weighted by Crippen LogP contribution is 2.18. The molecule has 2 aromatic carbocycles. The fourth-order valence-electron chi connectivity index (χ4n) is 3.12. The molecule has 32 heavy (non-hydrogen) atoms. The van der Waals surface area contributed by atoms with Crippen molar-refractivity contribution in [1.29, 1.82) is 0 Å². The molecular weight excluding hydrogens is 438 g/mol. The summed E-state index contributed by atoms with van der Waals surface area (Å²) < 4.78 is 35.0. The lowest BCUT2D eigenvalue weighted by atomic mass is 9.96. The molecule has 4 rings (SSSR count). The molecule has 0 saturated heterocycles. The van der Waals surface area contributed by atoms with Crippen LogP contribution in [0.25, 0.3) is 10.8 Å². The number of benzene rings is 2. The van der Waals surface area contributed by atoms with Gasteiger partial charge in [-0.3, -0.25) is 4.79 Å². The molecule has 1 N–H and O–H groups in total. The first-order valence-corrected chi connectivity index (χ1v) is 9.13. The first kappa shape index (κ1) is 27.0. The molecule has 0 saturated carbocycles. The highest BCUT2D eigenvalue weighted by atomic mass is 32.1. The number of methoxy groups -OCH3 is 2. The maximum Gasteiger partial charge on any atom is 0.356 e. The molecule has 0 radical (unpaired) electrons. The number of hydrogen-bond acceptors (Lipinski definition) is 6. The van der Waals surface area contributed by atoms with Gasteiger partial charge in [0, 0.05) is 18.1 Å². The third-order valence-corrected chi connectivity index (χ3v) is 4.70. The summed E-state index contributed by atoms with van der Waals surface area (Å²) in [7, 11) is 2.63. The van der Waals surface area contributed by atoms with Crippen molar-refractivity contribution < 1.29 is 27.8 Å². The van der Waals surface area contributed by atoms with E-state index in [9.17, 15) is 18.4 Å². The number of carbonyl (C=O) groups excluding carboxylic acids is 2. The Balaban J connectivity index is 0.000000301. The Kier molecular flexibility index (Phi) is 10.2. The Morgan fingerprint density at radius 3 is 2.34 bits per heavy atom. The van der Waals surface area contributed by atoms with E-state index in [1.165, 1.54) is 50.7 Å². The van der Waals surface area contributed by atoms with Gasteiger partial charge in [0.05, 0.1) is 14.2 Å². The Morgan fingerprint density at radius 2 is 1.66 bits per heavy atom. The normalized spacial score (nSPS) is 13.9. The number of halogens is 2. The average molecular weight is 465 g/mol. The lowest BCUT2D eigenvalue weighted by Gasteiger charge is -2.24. The molecule has 2 heterocycles. The average Bonchev–Trinajstić information content (AvgIpc) is 2.77. The van der Waals surface area contributed by atoms with Crippen molar-refractivity contribution in [3.05, 3.63) is 77.1 Å². The van der Waals surface area contributed by atoms with E-state index in [0.29, 0.717) is 18.4 Å². The molecule has 0 amide bonds. The van der Waals surface area contributed by atoms with Crippen molar-refractivity contribution in [2.75, 3.05) is 14.2 Å². The smallest absolute Gasteiger partial charge is 0.356 e. The number of nitrogens with one attached hydrogen (secondary N) is 1. The van der Waals surface area contributed by atoms with Crippen molar-refractivity contribution in [2.24, 2.45) is 0 Å². The maximum atomic E-state index is 13.0. The van der Waals surface area contributed by atoms with E-state index < -0.39 is 5.97 Å². The van der Waals surface area contributed by atoms with Gasteiger partial charge in [0.15, 0.2) is 0 Å². The summed E-state index contributed by atoms with van der Waals surface area (Å²) in [6, 6.07) is 10.1. The molecule has 172 valence electrons. The zero-order chi connectivity index (χ0) is 21.7. The van der Waals surface area contributed by atoms with Crippen LogP contribution in [0.1, 0.15) is 29.0 Å². The third-order valence-electron chi connectivity index (χ3n) is 4.70. The topological polar surface area (TPSA) is 77.5 Å². The molecule has 1 unspecified atom stereocenters. The molecule has 1 atom stereocenters. The van der Waals surface area contributed by atoms with Crippen LogP contribution in [0.4, 0.5) is 8.78 Å². The molecule has 0 spiro atoms. The standard InChI is InChI=1S/C11H12FNO2.C11H8FNO2.CH4.H2S/c2*1-15-11(14)10-5-8-4-9(12)3-2-7(8)6-13-10;;/h2-4,10,13H,5-6H2,1H3;2-6H,1H3;1H4;1H2. The Hall–Kier alpha value is -3.04. The van der Waals surface area contributed by atoms with Crippen LogP contribution < -0.4 is 5.32 Å². The Morgan fingerprint density at radius 1 is 0.969 bits per heavy atom. The summed E-state index contributed by atoms with van der Waals surface area (Å²) in [5.41, 5.74) is 2.09. The van der Waals surface area contributed by atoms with Crippen LogP contribution in [0.15, 0.2) is 48.7 Å². The highest BCUT2D eigenvalue weighted by Gasteiger charge is 2.24. The lowest BCUT2D eigenvalue weighted by molar-refractivity contribution is -0.143. The number of pyridine rings is 1. The number of hydrogen-bond donors (Lipinski definition) is 1. The van der Waals surface area contributed by atoms with Crippen LogP contribution in [0.5, 0.6) is 0 Å². The zero-order valence-corrected chi connectivity index (χ0v) is 17.9. The summed E-state index contributed by atoms with van der Waals surface area (Å²) >= 11 is 0. The summed E-state index contributed by atoms with van der Waals surface area (Å²) in [6.07, 6.45) is 2.00. The van der Waals surface area contributed by atoms with Crippen molar-refractivity contribution in [3.63, 3.8) is 0 Å². The van der Waals surface area contributed by atoms with Crippen LogP contribution >= 0.6 is 13.5 Å². The highest BCUT2D eigenvalue weighted by molar-refractivity contribution is 7.59. The van der Waals surface area contributed by atoms with Crippen LogP contribution in [0.2, 0.25) is 0 Å². The number of rotatable bonds is 2. The van der Waals surface area contributed by atoms with Crippen molar-refractivity contribution in [3.8, 4) is 0 Å². The lowest BCUT2D eigenvalue weighted by Crippen LogP contribution is -2.42. The van der Waals surface area contributed by atoms with Gasteiger partial charge in [-0.1, -0.05) is 13.5 Å². The van der Waals surface area contributed by atoms with Crippen LogP contribution in [0, 0.1) is 11.6 Å². The van der Waals surface area contributed by atoms with Crippen LogP contribution in [0.3, 0.4) is 0 Å². The summed E-state index contributed by atoms with van der Waals surface area (Å²) in [4.78, 5) is 26.4. The SMILES string of the molecule is C.COC(=O)C1Cc2cc(F)ccc2CN1.COC(=O)c1cc2cc(F)ccc2cn1.S. The molecule has 3 aromatic rings. The second-order valence-electron chi connectivity index (χ2n) is 6.63. The summed E-state index contributed by atoms with van der Waals surface area (Å²) in [5, 5.41) is 4.46. The monoisotopic (exact) mass is 464 g/mol. The minimum absolute atomic E-state index is 0. The molecule has 0 fully saturated rings. The van der Waals surface area contributed by atoms with Gasteiger partial charge in [-0.25, -0.2) is 18.6 Å². The molecule has 0 bridgehead atoms. The van der Waals surface area contributed by atoms with E-state index in [2.05, 4.69) is 19.8 Å². The number of carbonyl (C=O) groups is 2. The third kappa shape index (κ3) is 6.48. The predicted octanol–water partition coefficient (Wildman–Crippen LogP) is 3.92.